The summed E-state index contributed by atoms with van der Waals surface area (Å²) in [6.45, 7) is 15.6. The van der Waals surface area contributed by atoms with E-state index in [1.165, 1.54) is 69.9 Å². The highest BCUT2D eigenvalue weighted by Crippen LogP contribution is 2.67. The highest BCUT2D eigenvalue weighted by atomic mass is 16.1. The Morgan fingerprint density at radius 1 is 1.00 bits per heavy atom. The van der Waals surface area contributed by atoms with Gasteiger partial charge in [0.25, 0.3) is 0 Å². The van der Waals surface area contributed by atoms with Gasteiger partial charge < -0.3 is 15.8 Å². The van der Waals surface area contributed by atoms with Crippen molar-refractivity contribution < 1.29 is 4.79 Å². The first-order valence-electron chi connectivity index (χ1n) is 13.9. The number of nitrogens with two attached hydrogens (primary N) is 1. The predicted octanol–water partition coefficient (Wildman–Crippen LogP) is 6.91. The molecule has 7 unspecified atom stereocenters. The van der Waals surface area contributed by atoms with Crippen molar-refractivity contribution in [2.24, 2.45) is 51.1 Å². The molecule has 0 saturated heterocycles. The van der Waals surface area contributed by atoms with Gasteiger partial charge in [0.05, 0.1) is 0 Å². The zero-order valence-corrected chi connectivity index (χ0v) is 22.8. The summed E-state index contributed by atoms with van der Waals surface area (Å²) in [5, 5.41) is 3.03. The minimum Gasteiger partial charge on any atom is -0.330 e. The van der Waals surface area contributed by atoms with Gasteiger partial charge >= 0.3 is 0 Å². The van der Waals surface area contributed by atoms with Crippen LogP contribution in [0.1, 0.15) is 113 Å². The smallest absolute Gasteiger partial charge is 0.106 e. The lowest BCUT2D eigenvalue weighted by atomic mass is 9.45. The fourth-order valence-electron chi connectivity index (χ4n) is 8.44. The zero-order chi connectivity index (χ0) is 24.6. The highest BCUT2D eigenvalue weighted by Gasteiger charge is 2.59. The molecule has 0 aliphatic heterocycles. The normalized spacial score (nSPS) is 38.7. The summed E-state index contributed by atoms with van der Waals surface area (Å²) in [6, 6.07) is 0.634. The third-order valence-corrected chi connectivity index (χ3v) is 10.4. The third kappa shape index (κ3) is 6.52. The molecule has 0 bridgehead atoms. The van der Waals surface area contributed by atoms with Gasteiger partial charge in [-0.05, 0) is 113 Å². The Morgan fingerprint density at radius 2 is 1.65 bits per heavy atom. The average molecular weight is 478 g/mol. The van der Waals surface area contributed by atoms with E-state index in [2.05, 4.69) is 39.9 Å². The van der Waals surface area contributed by atoms with Crippen molar-refractivity contribution in [1.82, 2.24) is 5.32 Å². The largest absolute Gasteiger partial charge is 0.330 e. The molecule has 0 aromatic heterocycles. The Kier molecular flexibility index (Phi) is 13.0. The van der Waals surface area contributed by atoms with Gasteiger partial charge in [0.1, 0.15) is 6.79 Å². The van der Waals surface area contributed by atoms with Crippen LogP contribution in [-0.2, 0) is 4.79 Å². The van der Waals surface area contributed by atoms with E-state index < -0.39 is 0 Å². The van der Waals surface area contributed by atoms with Gasteiger partial charge in [-0.3, -0.25) is 4.99 Å². The molecule has 0 radical (unpaired) electrons. The molecule has 4 fully saturated rings. The molecule has 0 heterocycles. The van der Waals surface area contributed by atoms with E-state index in [0.29, 0.717) is 16.9 Å². The number of carbonyl (C=O) groups is 1. The SMILES string of the molecule is C.C=O.CC(=NCCCN)C1CCC2C3CCC4CCCCC4(C)C3CCC12C.CNC(C)C. The van der Waals surface area contributed by atoms with Gasteiger partial charge in [0, 0.05) is 24.2 Å². The summed E-state index contributed by atoms with van der Waals surface area (Å²) >= 11 is 0. The van der Waals surface area contributed by atoms with Crippen molar-refractivity contribution in [3.8, 4) is 0 Å². The van der Waals surface area contributed by atoms with Crippen LogP contribution in [0.15, 0.2) is 4.99 Å². The molecular formula is C30H59N3O. The summed E-state index contributed by atoms with van der Waals surface area (Å²) in [6.07, 6.45) is 15.9. The van der Waals surface area contributed by atoms with E-state index >= 15 is 0 Å². The van der Waals surface area contributed by atoms with E-state index in [4.69, 9.17) is 15.5 Å². The molecule has 4 nitrogen and oxygen atoms in total. The quantitative estimate of drug-likeness (QED) is 0.334. The Hall–Kier alpha value is -0.740. The minimum atomic E-state index is 0. The summed E-state index contributed by atoms with van der Waals surface area (Å²) < 4.78 is 0. The second-order valence-corrected chi connectivity index (χ2v) is 12.2. The van der Waals surface area contributed by atoms with E-state index in [1.54, 1.807) is 0 Å². The van der Waals surface area contributed by atoms with Gasteiger partial charge in [-0.25, -0.2) is 0 Å². The molecule has 200 valence electrons. The molecule has 4 saturated carbocycles. The van der Waals surface area contributed by atoms with E-state index in [1.807, 2.05) is 13.8 Å². The number of nitrogens with one attached hydrogen (secondary N) is 1. The second kappa shape index (κ2) is 14.1. The molecule has 34 heavy (non-hydrogen) atoms. The van der Waals surface area contributed by atoms with E-state index in [-0.39, 0.29) is 7.43 Å². The number of fused-ring (bicyclic) bond motifs is 5. The fraction of sp³-hybridized carbons (Fsp3) is 0.933. The predicted molar refractivity (Wildman–Crippen MR) is 150 cm³/mol. The standard InChI is InChI=1S/C24H42N2.C4H11N.CH2O.CH4/c1-17(26-16-6-15-25)20-10-11-21-19-9-8-18-7-4-5-13-23(18,2)22(19)12-14-24(20,21)3;1-4(2)5-3;1-2;/h18-22H,4-16,25H2,1-3H3;4-5H,1-3H3;1H2;1H4. The summed E-state index contributed by atoms with van der Waals surface area (Å²) in [7, 11) is 1.95. The molecule has 7 atom stereocenters. The fourth-order valence-corrected chi connectivity index (χ4v) is 8.44. The molecule has 4 aliphatic carbocycles. The molecule has 4 aliphatic rings. The highest BCUT2D eigenvalue weighted by molar-refractivity contribution is 5.85. The lowest BCUT2D eigenvalue weighted by Crippen LogP contribution is -2.53. The topological polar surface area (TPSA) is 67.5 Å². The Bertz CT molecular complexity index is 620. The molecule has 0 amide bonds. The van der Waals surface area contributed by atoms with Crippen LogP contribution >= 0.6 is 0 Å². The molecule has 4 heteroatoms. The minimum absolute atomic E-state index is 0. The van der Waals surface area contributed by atoms with Crippen LogP contribution in [0.25, 0.3) is 0 Å². The van der Waals surface area contributed by atoms with E-state index in [9.17, 15) is 0 Å². The molecule has 0 spiro atoms. The lowest BCUT2D eigenvalue weighted by Gasteiger charge is -2.60. The third-order valence-electron chi connectivity index (χ3n) is 10.4. The summed E-state index contributed by atoms with van der Waals surface area (Å²) in [4.78, 5) is 13.0. The number of hydrogen-bond acceptors (Lipinski definition) is 4. The maximum Gasteiger partial charge on any atom is 0.106 e. The molecular weight excluding hydrogens is 418 g/mol. The van der Waals surface area contributed by atoms with Crippen LogP contribution in [0.2, 0.25) is 0 Å². The van der Waals surface area contributed by atoms with Crippen molar-refractivity contribution in [3.63, 3.8) is 0 Å². The van der Waals surface area contributed by atoms with Gasteiger partial charge in [-0.15, -0.1) is 0 Å². The van der Waals surface area contributed by atoms with Crippen LogP contribution in [0.4, 0.5) is 0 Å². The molecule has 3 N–H and O–H groups in total. The average Bonchev–Trinajstić information content (AvgIpc) is 3.18. The van der Waals surface area contributed by atoms with Crippen molar-refractivity contribution >= 4 is 12.5 Å². The monoisotopic (exact) mass is 477 g/mol. The number of aliphatic imine (C=N–C) groups is 1. The molecule has 0 aromatic carbocycles. The lowest BCUT2D eigenvalue weighted by molar-refractivity contribution is -0.106. The van der Waals surface area contributed by atoms with Gasteiger partial charge in [0.2, 0.25) is 0 Å². The maximum atomic E-state index is 8.00. The van der Waals surface area contributed by atoms with Gasteiger partial charge in [-0.1, -0.05) is 48.0 Å². The van der Waals surface area contributed by atoms with Crippen molar-refractivity contribution in [1.29, 1.82) is 0 Å². The maximum absolute atomic E-state index is 8.00. The zero-order valence-electron chi connectivity index (χ0n) is 22.8. The van der Waals surface area contributed by atoms with Crippen molar-refractivity contribution in [3.05, 3.63) is 0 Å². The first-order chi connectivity index (χ1) is 15.8. The summed E-state index contributed by atoms with van der Waals surface area (Å²) in [5.41, 5.74) is 8.31. The first kappa shape index (κ1) is 31.3. The summed E-state index contributed by atoms with van der Waals surface area (Å²) in [5.74, 6) is 4.77. The number of hydrogen-bond donors (Lipinski definition) is 2. The van der Waals surface area contributed by atoms with E-state index in [0.717, 1.165) is 49.1 Å². The van der Waals surface area contributed by atoms with Crippen molar-refractivity contribution in [2.45, 2.75) is 119 Å². The van der Waals surface area contributed by atoms with Crippen LogP contribution in [-0.4, -0.2) is 38.7 Å². The molecule has 0 aromatic rings. The van der Waals surface area contributed by atoms with Crippen LogP contribution in [0, 0.1) is 40.4 Å². The second-order valence-electron chi connectivity index (χ2n) is 12.2. The number of nitrogens with zero attached hydrogens (tertiary/aromatic N) is 1. The van der Waals surface area contributed by atoms with Gasteiger partial charge in [0.15, 0.2) is 0 Å². The van der Waals surface area contributed by atoms with Gasteiger partial charge in [-0.2, -0.15) is 0 Å². The number of carbonyl (C=O) groups excluding carboxylic acids is 1. The Labute approximate surface area is 212 Å². The first-order valence-corrected chi connectivity index (χ1v) is 13.9. The molecule has 4 rings (SSSR count). The van der Waals surface area contributed by atoms with Crippen LogP contribution < -0.4 is 11.1 Å². The van der Waals surface area contributed by atoms with Crippen molar-refractivity contribution in [2.75, 3.05) is 20.1 Å². The number of rotatable bonds is 5. The Morgan fingerprint density at radius 3 is 2.26 bits per heavy atom. The Balaban J connectivity index is 0.000000645. The van der Waals surface area contributed by atoms with Crippen LogP contribution in [0.5, 0.6) is 0 Å². The van der Waals surface area contributed by atoms with Crippen LogP contribution in [0.3, 0.4) is 0 Å².